The van der Waals surface area contributed by atoms with E-state index in [9.17, 15) is 0 Å². The molecule has 1 unspecified atom stereocenters. The molecule has 1 aromatic carbocycles. The van der Waals surface area contributed by atoms with E-state index in [1.165, 1.54) is 16.7 Å². The van der Waals surface area contributed by atoms with Gasteiger partial charge in [0.2, 0.25) is 0 Å². The Morgan fingerprint density at radius 3 is 2.38 bits per heavy atom. The summed E-state index contributed by atoms with van der Waals surface area (Å²) in [6.45, 7) is 8.90. The number of rotatable bonds is 3. The minimum absolute atomic E-state index is 0.206. The minimum atomic E-state index is 0.206. The van der Waals surface area contributed by atoms with Gasteiger partial charge in [-0.25, -0.2) is 0 Å². The largest absolute Gasteiger partial charge is 0.312 e. The van der Waals surface area contributed by atoms with Crippen molar-refractivity contribution in [3.05, 3.63) is 34.9 Å². The van der Waals surface area contributed by atoms with Crippen LogP contribution in [-0.2, 0) is 5.41 Å². The fourth-order valence-electron chi connectivity index (χ4n) is 1.83. The van der Waals surface area contributed by atoms with Crippen molar-refractivity contribution in [1.29, 1.82) is 0 Å². The molecule has 1 aromatic rings. The Balaban J connectivity index is 3.18. The number of nitrogens with one attached hydrogen (secondary N) is 1. The molecule has 0 heterocycles. The van der Waals surface area contributed by atoms with Gasteiger partial charge in [-0.2, -0.15) is 12.6 Å². The van der Waals surface area contributed by atoms with Crippen LogP contribution in [0.4, 0.5) is 0 Å². The quantitative estimate of drug-likeness (QED) is 0.767. The maximum absolute atomic E-state index is 4.40. The van der Waals surface area contributed by atoms with Crippen molar-refractivity contribution in [2.45, 2.75) is 39.2 Å². The van der Waals surface area contributed by atoms with E-state index in [1.54, 1.807) is 0 Å². The van der Waals surface area contributed by atoms with Crippen LogP contribution in [0.5, 0.6) is 0 Å². The van der Waals surface area contributed by atoms with Crippen molar-refractivity contribution in [2.75, 3.05) is 12.8 Å². The minimum Gasteiger partial charge on any atom is -0.312 e. The van der Waals surface area contributed by atoms with Crippen molar-refractivity contribution < 1.29 is 0 Å². The summed E-state index contributed by atoms with van der Waals surface area (Å²) in [7, 11) is 1.99. The maximum Gasteiger partial charge on any atom is 0.0409 e. The Morgan fingerprint density at radius 1 is 1.31 bits per heavy atom. The zero-order valence-corrected chi connectivity index (χ0v) is 11.9. The van der Waals surface area contributed by atoms with Gasteiger partial charge in [-0.3, -0.25) is 0 Å². The van der Waals surface area contributed by atoms with Crippen LogP contribution in [0.3, 0.4) is 0 Å². The van der Waals surface area contributed by atoms with Crippen LogP contribution in [0.15, 0.2) is 18.2 Å². The van der Waals surface area contributed by atoms with E-state index in [0.717, 1.165) is 5.75 Å². The first-order valence-corrected chi connectivity index (χ1v) is 6.42. The van der Waals surface area contributed by atoms with Crippen molar-refractivity contribution >= 4 is 12.6 Å². The Hall–Kier alpha value is -0.470. The number of aryl methyl sites for hydroxylation is 1. The Labute approximate surface area is 105 Å². The SMILES string of the molecule is CNC(CS)c1cc(C(C)(C)C)ccc1C. The molecule has 1 N–H and O–H groups in total. The molecular formula is C14H23NS. The molecule has 0 saturated carbocycles. The molecule has 0 aromatic heterocycles. The highest BCUT2D eigenvalue weighted by molar-refractivity contribution is 7.80. The highest BCUT2D eigenvalue weighted by atomic mass is 32.1. The zero-order chi connectivity index (χ0) is 12.3. The van der Waals surface area contributed by atoms with Gasteiger partial charge in [0.1, 0.15) is 0 Å². The van der Waals surface area contributed by atoms with Gasteiger partial charge in [0.05, 0.1) is 0 Å². The summed E-state index contributed by atoms with van der Waals surface area (Å²) in [5.41, 5.74) is 4.29. The molecule has 0 spiro atoms. The third-order valence-corrected chi connectivity index (χ3v) is 3.42. The Morgan fingerprint density at radius 2 is 1.94 bits per heavy atom. The molecule has 2 heteroatoms. The van der Waals surface area contributed by atoms with E-state index in [2.05, 4.69) is 63.8 Å². The summed E-state index contributed by atoms with van der Waals surface area (Å²) in [5, 5.41) is 3.31. The van der Waals surface area contributed by atoms with Gasteiger partial charge in [-0.1, -0.05) is 39.0 Å². The predicted octanol–water partition coefficient (Wildman–Crippen LogP) is 3.48. The molecule has 0 saturated heterocycles. The summed E-state index contributed by atoms with van der Waals surface area (Å²) >= 11 is 4.40. The second kappa shape index (κ2) is 5.24. The predicted molar refractivity (Wildman–Crippen MR) is 75.5 cm³/mol. The molecule has 1 rings (SSSR count). The average molecular weight is 237 g/mol. The zero-order valence-electron chi connectivity index (χ0n) is 11.0. The third kappa shape index (κ3) is 3.02. The first kappa shape index (κ1) is 13.6. The van der Waals surface area contributed by atoms with E-state index < -0.39 is 0 Å². The van der Waals surface area contributed by atoms with Crippen molar-refractivity contribution in [2.24, 2.45) is 0 Å². The normalized spacial score (nSPS) is 13.9. The lowest BCUT2D eigenvalue weighted by Gasteiger charge is -2.23. The van der Waals surface area contributed by atoms with Crippen LogP contribution in [0.25, 0.3) is 0 Å². The monoisotopic (exact) mass is 237 g/mol. The lowest BCUT2D eigenvalue weighted by Crippen LogP contribution is -2.20. The van der Waals surface area contributed by atoms with Gasteiger partial charge in [0.25, 0.3) is 0 Å². The second-order valence-corrected chi connectivity index (χ2v) is 5.71. The molecule has 0 amide bonds. The fourth-order valence-corrected chi connectivity index (χ4v) is 2.21. The molecule has 0 aliphatic rings. The number of benzene rings is 1. The van der Waals surface area contributed by atoms with Crippen LogP contribution in [0, 0.1) is 6.92 Å². The fraction of sp³-hybridized carbons (Fsp3) is 0.571. The molecule has 0 aliphatic carbocycles. The summed E-state index contributed by atoms with van der Waals surface area (Å²) in [5.74, 6) is 0.824. The summed E-state index contributed by atoms with van der Waals surface area (Å²) < 4.78 is 0. The number of hydrogen-bond donors (Lipinski definition) is 2. The van der Waals surface area contributed by atoms with Gasteiger partial charge in [0, 0.05) is 11.8 Å². The summed E-state index contributed by atoms with van der Waals surface area (Å²) in [6, 6.07) is 7.09. The van der Waals surface area contributed by atoms with Crippen molar-refractivity contribution in [1.82, 2.24) is 5.32 Å². The van der Waals surface area contributed by atoms with Crippen LogP contribution < -0.4 is 5.32 Å². The molecular weight excluding hydrogens is 214 g/mol. The van der Waals surface area contributed by atoms with Crippen LogP contribution in [0.1, 0.15) is 43.5 Å². The van der Waals surface area contributed by atoms with Crippen LogP contribution in [0.2, 0.25) is 0 Å². The molecule has 0 radical (unpaired) electrons. The topological polar surface area (TPSA) is 12.0 Å². The van der Waals surface area contributed by atoms with Gasteiger partial charge >= 0.3 is 0 Å². The van der Waals surface area contributed by atoms with Crippen molar-refractivity contribution in [3.8, 4) is 0 Å². The Bertz CT molecular complexity index is 348. The molecule has 16 heavy (non-hydrogen) atoms. The van der Waals surface area contributed by atoms with E-state index in [1.807, 2.05) is 7.05 Å². The molecule has 0 aliphatic heterocycles. The molecule has 0 fully saturated rings. The van der Waals surface area contributed by atoms with Crippen LogP contribution in [-0.4, -0.2) is 12.8 Å². The van der Waals surface area contributed by atoms with Crippen LogP contribution >= 0.6 is 12.6 Å². The lowest BCUT2D eigenvalue weighted by atomic mass is 9.84. The Kier molecular flexibility index (Phi) is 4.45. The molecule has 0 bridgehead atoms. The number of thiol groups is 1. The first-order chi connectivity index (χ1) is 7.40. The summed E-state index contributed by atoms with van der Waals surface area (Å²) in [4.78, 5) is 0. The molecule has 90 valence electrons. The maximum atomic E-state index is 4.40. The number of hydrogen-bond acceptors (Lipinski definition) is 2. The smallest absolute Gasteiger partial charge is 0.0409 e. The van der Waals surface area contributed by atoms with E-state index >= 15 is 0 Å². The lowest BCUT2D eigenvalue weighted by molar-refractivity contribution is 0.584. The standard InChI is InChI=1S/C14H23NS/c1-10-6-7-11(14(2,3)4)8-12(10)13(9-16)15-5/h6-8,13,15-16H,9H2,1-5H3. The van der Waals surface area contributed by atoms with E-state index in [-0.39, 0.29) is 5.41 Å². The highest BCUT2D eigenvalue weighted by Gasteiger charge is 2.17. The van der Waals surface area contributed by atoms with Crippen molar-refractivity contribution in [3.63, 3.8) is 0 Å². The summed E-state index contributed by atoms with van der Waals surface area (Å²) in [6.07, 6.45) is 0. The van der Waals surface area contributed by atoms with Gasteiger partial charge in [-0.05, 0) is 36.1 Å². The van der Waals surface area contributed by atoms with Gasteiger partial charge < -0.3 is 5.32 Å². The van der Waals surface area contributed by atoms with E-state index in [4.69, 9.17) is 0 Å². The van der Waals surface area contributed by atoms with Gasteiger partial charge in [0.15, 0.2) is 0 Å². The van der Waals surface area contributed by atoms with E-state index in [0.29, 0.717) is 6.04 Å². The molecule has 1 atom stereocenters. The first-order valence-electron chi connectivity index (χ1n) is 5.79. The second-order valence-electron chi connectivity index (χ2n) is 5.35. The molecule has 1 nitrogen and oxygen atoms in total. The average Bonchev–Trinajstić information content (AvgIpc) is 2.20. The third-order valence-electron chi connectivity index (χ3n) is 3.05. The van der Waals surface area contributed by atoms with Gasteiger partial charge in [-0.15, -0.1) is 0 Å². The highest BCUT2D eigenvalue weighted by Crippen LogP contribution is 2.27.